The highest BCUT2D eigenvalue weighted by Crippen LogP contribution is 1.92. The number of allylic oxidation sites excluding steroid dienone is 2. The van der Waals surface area contributed by atoms with Gasteiger partial charge in [-0.15, -0.1) is 0 Å². The third-order valence-electron chi connectivity index (χ3n) is 0.936. The summed E-state index contributed by atoms with van der Waals surface area (Å²) in [7, 11) is 0. The van der Waals surface area contributed by atoms with Crippen molar-refractivity contribution < 1.29 is 0 Å². The minimum absolute atomic E-state index is 0.483. The van der Waals surface area contributed by atoms with E-state index in [0.29, 0.717) is 11.8 Å². The van der Waals surface area contributed by atoms with Gasteiger partial charge in [-0.2, -0.15) is 0 Å². The molecule has 0 N–H and O–H groups in total. The maximum absolute atomic E-state index is 3.06. The highest BCUT2D eigenvalue weighted by atomic mass is 13.9. The second-order valence-corrected chi connectivity index (χ2v) is 3.05. The van der Waals surface area contributed by atoms with Crippen LogP contribution in [0.1, 0.15) is 27.7 Å². The first-order valence-electron chi connectivity index (χ1n) is 3.80. The van der Waals surface area contributed by atoms with Gasteiger partial charge in [0, 0.05) is 5.92 Å². The van der Waals surface area contributed by atoms with E-state index in [0.717, 1.165) is 0 Å². The van der Waals surface area contributed by atoms with Gasteiger partial charge in [0.25, 0.3) is 0 Å². The molecule has 0 atom stereocenters. The van der Waals surface area contributed by atoms with Crippen molar-refractivity contribution in [2.75, 3.05) is 0 Å². The zero-order valence-corrected chi connectivity index (χ0v) is 7.31. The molecule has 0 aromatic heterocycles. The van der Waals surface area contributed by atoms with Gasteiger partial charge in [0.1, 0.15) is 0 Å². The Morgan fingerprint density at radius 2 is 1.70 bits per heavy atom. The minimum Gasteiger partial charge on any atom is -0.0957 e. The SMILES string of the molecule is CC(C)C#CC=CC(C)C. The van der Waals surface area contributed by atoms with Gasteiger partial charge in [-0.25, -0.2) is 0 Å². The van der Waals surface area contributed by atoms with Crippen molar-refractivity contribution in [3.8, 4) is 11.8 Å². The van der Waals surface area contributed by atoms with E-state index < -0.39 is 0 Å². The number of hydrogen-bond donors (Lipinski definition) is 0. The van der Waals surface area contributed by atoms with Crippen LogP contribution >= 0.6 is 0 Å². The van der Waals surface area contributed by atoms with Gasteiger partial charge < -0.3 is 0 Å². The van der Waals surface area contributed by atoms with Crippen molar-refractivity contribution in [3.63, 3.8) is 0 Å². The average Bonchev–Trinajstić information content (AvgIpc) is 1.79. The standard InChI is InChI=1S/C10H16/c1-9(2)7-5-6-8-10(3)4/h5,7,9-10H,1-4H3. The normalized spacial score (nSPS) is 10.6. The van der Waals surface area contributed by atoms with E-state index in [9.17, 15) is 0 Å². The van der Waals surface area contributed by atoms with E-state index in [1.165, 1.54) is 0 Å². The van der Waals surface area contributed by atoms with Crippen LogP contribution in [0, 0.1) is 23.7 Å². The fourth-order valence-electron chi connectivity index (χ4n) is 0.455. The molecular weight excluding hydrogens is 120 g/mol. The molecule has 0 heteroatoms. The first-order valence-corrected chi connectivity index (χ1v) is 3.80. The first-order chi connectivity index (χ1) is 4.63. The van der Waals surface area contributed by atoms with Gasteiger partial charge in [-0.05, 0) is 12.0 Å². The van der Waals surface area contributed by atoms with Crippen LogP contribution in [0.2, 0.25) is 0 Å². The van der Waals surface area contributed by atoms with Crippen LogP contribution < -0.4 is 0 Å². The van der Waals surface area contributed by atoms with Crippen molar-refractivity contribution in [2.24, 2.45) is 11.8 Å². The molecule has 0 aliphatic carbocycles. The summed E-state index contributed by atoms with van der Waals surface area (Å²) in [5, 5.41) is 0. The average molecular weight is 136 g/mol. The Kier molecular flexibility index (Phi) is 4.76. The molecule has 0 saturated carbocycles. The van der Waals surface area contributed by atoms with Crippen LogP contribution in [-0.4, -0.2) is 0 Å². The van der Waals surface area contributed by atoms with Gasteiger partial charge >= 0.3 is 0 Å². The van der Waals surface area contributed by atoms with E-state index in [1.54, 1.807) is 0 Å². The summed E-state index contributed by atoms with van der Waals surface area (Å²) < 4.78 is 0. The van der Waals surface area contributed by atoms with Crippen LogP contribution in [0.25, 0.3) is 0 Å². The predicted octanol–water partition coefficient (Wildman–Crippen LogP) is 2.86. The predicted molar refractivity (Wildman–Crippen MR) is 46.6 cm³/mol. The van der Waals surface area contributed by atoms with Gasteiger partial charge in [-0.1, -0.05) is 45.6 Å². The third kappa shape index (κ3) is 7.30. The Hall–Kier alpha value is -0.700. The Morgan fingerprint density at radius 1 is 1.10 bits per heavy atom. The third-order valence-corrected chi connectivity index (χ3v) is 0.936. The zero-order valence-electron chi connectivity index (χ0n) is 7.31. The summed E-state index contributed by atoms with van der Waals surface area (Å²) in [5.74, 6) is 7.15. The zero-order chi connectivity index (χ0) is 7.98. The molecule has 0 heterocycles. The molecule has 0 unspecified atom stereocenters. The van der Waals surface area contributed by atoms with E-state index >= 15 is 0 Å². The van der Waals surface area contributed by atoms with Crippen molar-refractivity contribution >= 4 is 0 Å². The molecule has 10 heavy (non-hydrogen) atoms. The molecule has 0 aromatic carbocycles. The molecular formula is C10H16. The second kappa shape index (κ2) is 5.11. The van der Waals surface area contributed by atoms with Crippen molar-refractivity contribution in [1.29, 1.82) is 0 Å². The van der Waals surface area contributed by atoms with Gasteiger partial charge in [0.2, 0.25) is 0 Å². The molecule has 0 spiro atoms. The Morgan fingerprint density at radius 3 is 2.10 bits per heavy atom. The summed E-state index contributed by atoms with van der Waals surface area (Å²) in [6.07, 6.45) is 4.04. The smallest absolute Gasteiger partial charge is 0.0149 e. The van der Waals surface area contributed by atoms with Gasteiger partial charge in [0.15, 0.2) is 0 Å². The molecule has 56 valence electrons. The lowest BCUT2D eigenvalue weighted by Gasteiger charge is -1.88. The van der Waals surface area contributed by atoms with Crippen molar-refractivity contribution in [2.45, 2.75) is 27.7 Å². The summed E-state index contributed by atoms with van der Waals surface area (Å²) in [5.41, 5.74) is 0. The fourth-order valence-corrected chi connectivity index (χ4v) is 0.455. The largest absolute Gasteiger partial charge is 0.0957 e. The number of rotatable bonds is 1. The molecule has 0 nitrogen and oxygen atoms in total. The van der Waals surface area contributed by atoms with Crippen LogP contribution in [0.4, 0.5) is 0 Å². The summed E-state index contributed by atoms with van der Waals surface area (Å²) in [6, 6.07) is 0. The van der Waals surface area contributed by atoms with Gasteiger partial charge in [-0.3, -0.25) is 0 Å². The monoisotopic (exact) mass is 136 g/mol. The van der Waals surface area contributed by atoms with E-state index in [1.807, 2.05) is 6.08 Å². The molecule has 0 saturated heterocycles. The van der Waals surface area contributed by atoms with E-state index in [2.05, 4.69) is 45.6 Å². The summed E-state index contributed by atoms with van der Waals surface area (Å²) in [6.45, 7) is 8.48. The molecule has 0 aliphatic rings. The van der Waals surface area contributed by atoms with E-state index in [4.69, 9.17) is 0 Å². The lowest BCUT2D eigenvalue weighted by Crippen LogP contribution is -1.77. The second-order valence-electron chi connectivity index (χ2n) is 3.05. The van der Waals surface area contributed by atoms with Crippen LogP contribution in [0.15, 0.2) is 12.2 Å². The first kappa shape index (κ1) is 9.30. The van der Waals surface area contributed by atoms with Crippen LogP contribution in [0.5, 0.6) is 0 Å². The van der Waals surface area contributed by atoms with Crippen molar-refractivity contribution in [1.82, 2.24) is 0 Å². The Balaban J connectivity index is 3.65. The van der Waals surface area contributed by atoms with E-state index in [-0.39, 0.29) is 0 Å². The lowest BCUT2D eigenvalue weighted by molar-refractivity contribution is 0.832. The van der Waals surface area contributed by atoms with Gasteiger partial charge in [0.05, 0.1) is 0 Å². The topological polar surface area (TPSA) is 0 Å². The maximum atomic E-state index is 3.06. The molecule has 0 rings (SSSR count). The molecule has 0 aliphatic heterocycles. The Labute approximate surface area is 64.3 Å². The van der Waals surface area contributed by atoms with Crippen LogP contribution in [-0.2, 0) is 0 Å². The molecule has 0 amide bonds. The quantitative estimate of drug-likeness (QED) is 0.486. The summed E-state index contributed by atoms with van der Waals surface area (Å²) >= 11 is 0. The molecule has 0 aromatic rings. The highest BCUT2D eigenvalue weighted by molar-refractivity contribution is 5.16. The lowest BCUT2D eigenvalue weighted by atomic mass is 10.2. The Bertz CT molecular complexity index is 151. The number of hydrogen-bond acceptors (Lipinski definition) is 0. The summed E-state index contributed by atoms with van der Waals surface area (Å²) in [4.78, 5) is 0. The molecule has 0 fully saturated rings. The minimum atomic E-state index is 0.483. The van der Waals surface area contributed by atoms with Crippen molar-refractivity contribution in [3.05, 3.63) is 12.2 Å². The molecule has 0 bridgehead atoms. The fraction of sp³-hybridized carbons (Fsp3) is 0.600. The highest BCUT2D eigenvalue weighted by Gasteiger charge is 1.80. The maximum Gasteiger partial charge on any atom is 0.0149 e. The molecule has 0 radical (unpaired) electrons. The van der Waals surface area contributed by atoms with Crippen LogP contribution in [0.3, 0.4) is 0 Å².